The lowest BCUT2D eigenvalue weighted by molar-refractivity contribution is -0.137. The van der Waals surface area contributed by atoms with E-state index < -0.39 is 44.8 Å². The number of carboxylic acid groups (broad SMARTS) is 1. The summed E-state index contributed by atoms with van der Waals surface area (Å²) in [6.07, 6.45) is 0.263. The second-order valence-corrected chi connectivity index (χ2v) is 12.5. The van der Waals surface area contributed by atoms with Crippen LogP contribution in [0, 0.1) is 5.82 Å². The van der Waals surface area contributed by atoms with E-state index in [1.54, 1.807) is 18.2 Å². The van der Waals surface area contributed by atoms with Crippen LogP contribution in [-0.4, -0.2) is 53.2 Å². The first-order valence-corrected chi connectivity index (χ1v) is 14.7. The summed E-state index contributed by atoms with van der Waals surface area (Å²) < 4.78 is 42.9. The van der Waals surface area contributed by atoms with Gasteiger partial charge in [-0.15, -0.1) is 0 Å². The number of carbonyl (C=O) groups is 4. The van der Waals surface area contributed by atoms with Gasteiger partial charge in [-0.3, -0.25) is 29.2 Å². The first-order valence-electron chi connectivity index (χ1n) is 11.6. The average molecular weight is 651 g/mol. The molecule has 1 saturated heterocycles. The number of thioether (sulfide) groups is 1. The van der Waals surface area contributed by atoms with E-state index in [2.05, 4.69) is 26.0 Å². The molecule has 14 heteroatoms. The van der Waals surface area contributed by atoms with Gasteiger partial charge in [0.2, 0.25) is 5.91 Å². The van der Waals surface area contributed by atoms with Gasteiger partial charge < -0.3 is 10.0 Å². The average Bonchev–Trinajstić information content (AvgIpc) is 3.21. The Balaban J connectivity index is 1.43. The maximum absolute atomic E-state index is 14.3. The SMILES string of the molecule is O=C(O)CN(Cc1ccc(Br)cc1F)C(=O)c1ccc(NS(=O)(=O)c2ccc(CC3SC(=O)NC3=O)cc2)cc1. The highest BCUT2D eigenvalue weighted by molar-refractivity contribution is 9.10. The molecule has 1 fully saturated rings. The zero-order valence-corrected chi connectivity index (χ0v) is 23.7. The van der Waals surface area contributed by atoms with Gasteiger partial charge in [-0.05, 0) is 60.5 Å². The summed E-state index contributed by atoms with van der Waals surface area (Å²) in [4.78, 5) is 48.4. The topological polar surface area (TPSA) is 150 Å². The molecule has 0 radical (unpaired) electrons. The number of imide groups is 1. The second-order valence-electron chi connectivity index (χ2n) is 8.70. The number of carboxylic acids is 1. The van der Waals surface area contributed by atoms with Crippen LogP contribution in [0.3, 0.4) is 0 Å². The smallest absolute Gasteiger partial charge is 0.323 e. The Kier molecular flexibility index (Phi) is 8.91. The number of benzene rings is 3. The van der Waals surface area contributed by atoms with Crippen molar-refractivity contribution in [1.82, 2.24) is 10.2 Å². The summed E-state index contributed by atoms with van der Waals surface area (Å²) in [5.74, 6) is -2.94. The fourth-order valence-corrected chi connectivity index (χ4v) is 6.09. The molecule has 0 spiro atoms. The van der Waals surface area contributed by atoms with Crippen LogP contribution in [0.15, 0.2) is 76.1 Å². The summed E-state index contributed by atoms with van der Waals surface area (Å²) in [5, 5.41) is 10.5. The molecule has 3 N–H and O–H groups in total. The highest BCUT2D eigenvalue weighted by atomic mass is 79.9. The molecule has 1 atom stereocenters. The lowest BCUT2D eigenvalue weighted by Crippen LogP contribution is -2.35. The molecule has 208 valence electrons. The number of rotatable bonds is 10. The zero-order valence-electron chi connectivity index (χ0n) is 20.5. The van der Waals surface area contributed by atoms with Crippen molar-refractivity contribution >= 4 is 66.4 Å². The molecule has 3 aromatic carbocycles. The maximum Gasteiger partial charge on any atom is 0.323 e. The largest absolute Gasteiger partial charge is 0.480 e. The van der Waals surface area contributed by atoms with Crippen LogP contribution >= 0.6 is 27.7 Å². The highest BCUT2D eigenvalue weighted by Gasteiger charge is 2.31. The lowest BCUT2D eigenvalue weighted by Gasteiger charge is -2.21. The number of hydrogen-bond acceptors (Lipinski definition) is 7. The van der Waals surface area contributed by atoms with Gasteiger partial charge in [0, 0.05) is 27.8 Å². The van der Waals surface area contributed by atoms with Gasteiger partial charge >= 0.3 is 5.97 Å². The minimum atomic E-state index is -4.00. The van der Waals surface area contributed by atoms with E-state index in [0.717, 1.165) is 16.7 Å². The number of carbonyl (C=O) groups excluding carboxylic acids is 3. The Morgan fingerprint density at radius 2 is 1.73 bits per heavy atom. The maximum atomic E-state index is 14.3. The van der Waals surface area contributed by atoms with Crippen LogP contribution < -0.4 is 10.0 Å². The van der Waals surface area contributed by atoms with Gasteiger partial charge in [-0.1, -0.05) is 45.9 Å². The highest BCUT2D eigenvalue weighted by Crippen LogP contribution is 2.24. The predicted octanol–water partition coefficient (Wildman–Crippen LogP) is 4.01. The molecule has 1 aliphatic heterocycles. The molecule has 0 aromatic heterocycles. The molecular formula is C26H21BrFN3O7S2. The third-order valence-electron chi connectivity index (χ3n) is 5.80. The molecule has 40 heavy (non-hydrogen) atoms. The number of nitrogens with zero attached hydrogens (tertiary/aromatic N) is 1. The normalized spacial score (nSPS) is 15.0. The fourth-order valence-electron chi connectivity index (χ4n) is 3.84. The Morgan fingerprint density at radius 1 is 1.05 bits per heavy atom. The summed E-state index contributed by atoms with van der Waals surface area (Å²) in [5.41, 5.74) is 1.05. The van der Waals surface area contributed by atoms with Crippen LogP contribution in [0.4, 0.5) is 14.9 Å². The summed E-state index contributed by atoms with van der Waals surface area (Å²) in [7, 11) is -4.00. The molecule has 0 bridgehead atoms. The van der Waals surface area contributed by atoms with Crippen molar-refractivity contribution in [2.75, 3.05) is 11.3 Å². The van der Waals surface area contributed by atoms with Crippen molar-refractivity contribution in [3.05, 3.63) is 93.7 Å². The Hall–Kier alpha value is -3.75. The van der Waals surface area contributed by atoms with Crippen LogP contribution in [0.25, 0.3) is 0 Å². The van der Waals surface area contributed by atoms with Gasteiger partial charge in [0.25, 0.3) is 21.2 Å². The molecule has 3 aromatic rings. The van der Waals surface area contributed by atoms with Crippen LogP contribution in [0.2, 0.25) is 0 Å². The molecule has 10 nitrogen and oxygen atoms in total. The van der Waals surface area contributed by atoms with Crippen molar-refractivity contribution in [2.24, 2.45) is 0 Å². The minimum absolute atomic E-state index is 0.0415. The van der Waals surface area contributed by atoms with E-state index in [-0.39, 0.29) is 40.6 Å². The van der Waals surface area contributed by atoms with E-state index in [1.165, 1.54) is 48.5 Å². The van der Waals surface area contributed by atoms with Gasteiger partial charge in [0.1, 0.15) is 12.4 Å². The van der Waals surface area contributed by atoms with Crippen LogP contribution in [-0.2, 0) is 32.6 Å². The van der Waals surface area contributed by atoms with Crippen molar-refractivity contribution in [3.63, 3.8) is 0 Å². The molecule has 1 aliphatic rings. The number of nitrogens with one attached hydrogen (secondary N) is 2. The van der Waals surface area contributed by atoms with Gasteiger partial charge in [-0.2, -0.15) is 0 Å². The minimum Gasteiger partial charge on any atom is -0.480 e. The van der Waals surface area contributed by atoms with Crippen molar-refractivity contribution in [1.29, 1.82) is 0 Å². The first kappa shape index (κ1) is 29.2. The van der Waals surface area contributed by atoms with Crippen molar-refractivity contribution in [3.8, 4) is 0 Å². The number of amides is 3. The quantitative estimate of drug-likeness (QED) is 0.298. The molecule has 1 heterocycles. The third kappa shape index (κ3) is 7.25. The van der Waals surface area contributed by atoms with Crippen molar-refractivity contribution < 1.29 is 37.1 Å². The number of anilines is 1. The number of aliphatic carboxylic acids is 1. The van der Waals surface area contributed by atoms with Gasteiger partial charge in [-0.25, -0.2) is 12.8 Å². The van der Waals surface area contributed by atoms with Crippen LogP contribution in [0.1, 0.15) is 21.5 Å². The van der Waals surface area contributed by atoms with E-state index >= 15 is 0 Å². The third-order valence-corrected chi connectivity index (χ3v) is 8.67. The fraction of sp³-hybridized carbons (Fsp3) is 0.154. The number of sulfonamides is 1. The summed E-state index contributed by atoms with van der Waals surface area (Å²) >= 11 is 4.03. The molecule has 0 aliphatic carbocycles. The predicted molar refractivity (Wildman–Crippen MR) is 149 cm³/mol. The number of halogens is 2. The lowest BCUT2D eigenvalue weighted by atomic mass is 10.1. The zero-order chi connectivity index (χ0) is 29.0. The summed E-state index contributed by atoms with van der Waals surface area (Å²) in [6, 6.07) is 15.5. The van der Waals surface area contributed by atoms with Crippen LogP contribution in [0.5, 0.6) is 0 Å². The van der Waals surface area contributed by atoms with Gasteiger partial charge in [0.05, 0.1) is 10.1 Å². The molecule has 3 amide bonds. The van der Waals surface area contributed by atoms with E-state index in [0.29, 0.717) is 10.0 Å². The van der Waals surface area contributed by atoms with E-state index in [1.807, 2.05) is 0 Å². The van der Waals surface area contributed by atoms with E-state index in [9.17, 15) is 37.1 Å². The molecule has 4 rings (SSSR count). The Labute approximate surface area is 241 Å². The Morgan fingerprint density at radius 3 is 2.30 bits per heavy atom. The standard InChI is InChI=1S/C26H21BrFN3O7S2/c27-18-6-3-17(21(28)12-18)13-31(14-23(32)33)25(35)16-4-7-19(8-5-16)30-40(37,38)20-9-1-15(2-10-20)11-22-24(34)29-26(36)39-22/h1-10,12,22,30H,11,13-14H2,(H,32,33)(H,29,34,36). The first-order chi connectivity index (χ1) is 18.9. The van der Waals surface area contributed by atoms with Crippen molar-refractivity contribution in [2.45, 2.75) is 23.1 Å². The molecule has 0 saturated carbocycles. The van der Waals surface area contributed by atoms with E-state index in [4.69, 9.17) is 0 Å². The molecule has 1 unspecified atom stereocenters. The number of hydrogen-bond donors (Lipinski definition) is 3. The molecular weight excluding hydrogens is 629 g/mol. The summed E-state index contributed by atoms with van der Waals surface area (Å²) in [6.45, 7) is -0.950. The Bertz CT molecular complexity index is 1580. The monoisotopic (exact) mass is 649 g/mol. The second kappa shape index (κ2) is 12.2. The van der Waals surface area contributed by atoms with Gasteiger partial charge in [0.15, 0.2) is 0 Å².